The molecule has 1 fully saturated rings. The van der Waals surface area contributed by atoms with Gasteiger partial charge in [-0.1, -0.05) is 6.42 Å². The molecular weight excluding hydrogens is 266 g/mol. The van der Waals surface area contributed by atoms with Gasteiger partial charge in [-0.05, 0) is 50.7 Å². The molecule has 1 aliphatic heterocycles. The van der Waals surface area contributed by atoms with Crippen molar-refractivity contribution in [2.45, 2.75) is 31.7 Å². The van der Waals surface area contributed by atoms with E-state index in [0.717, 1.165) is 18.8 Å². The number of nitrogens with zero attached hydrogens (tertiary/aromatic N) is 1. The van der Waals surface area contributed by atoms with Crippen LogP contribution in [0.1, 0.15) is 25.7 Å². The Kier molecular flexibility index (Phi) is 5.87. The third-order valence-corrected chi connectivity index (χ3v) is 3.93. The summed E-state index contributed by atoms with van der Waals surface area (Å²) in [5, 5.41) is 3.00. The van der Waals surface area contributed by atoms with E-state index in [9.17, 15) is 4.79 Å². The molecule has 0 spiro atoms. The Morgan fingerprint density at radius 1 is 1.38 bits per heavy atom. The maximum atomic E-state index is 11.8. The van der Waals surface area contributed by atoms with Gasteiger partial charge in [0.2, 0.25) is 5.91 Å². The largest absolute Gasteiger partial charge is 0.493 e. The van der Waals surface area contributed by atoms with Gasteiger partial charge in [-0.3, -0.25) is 4.79 Å². The minimum atomic E-state index is 0.0458. The molecule has 1 aliphatic rings. The van der Waals surface area contributed by atoms with E-state index in [-0.39, 0.29) is 5.91 Å². The second-order valence-corrected chi connectivity index (χ2v) is 5.60. The van der Waals surface area contributed by atoms with E-state index in [4.69, 9.17) is 10.5 Å². The average Bonchev–Trinajstić information content (AvgIpc) is 2.48. The molecule has 0 saturated carbocycles. The van der Waals surface area contributed by atoms with Crippen molar-refractivity contribution < 1.29 is 9.53 Å². The molecule has 1 aromatic rings. The van der Waals surface area contributed by atoms with Crippen LogP contribution >= 0.6 is 0 Å². The summed E-state index contributed by atoms with van der Waals surface area (Å²) in [6.07, 6.45) is 4.06. The van der Waals surface area contributed by atoms with Crippen molar-refractivity contribution in [1.29, 1.82) is 0 Å². The molecule has 1 heterocycles. The molecule has 3 N–H and O–H groups in total. The van der Waals surface area contributed by atoms with Crippen LogP contribution in [0.15, 0.2) is 24.3 Å². The van der Waals surface area contributed by atoms with Gasteiger partial charge in [-0.15, -0.1) is 0 Å². The monoisotopic (exact) mass is 291 g/mol. The first-order chi connectivity index (χ1) is 10.1. The molecule has 0 radical (unpaired) electrons. The number of hydrogen-bond acceptors (Lipinski definition) is 4. The van der Waals surface area contributed by atoms with Crippen LogP contribution in [-0.4, -0.2) is 43.6 Å². The SMILES string of the molecule is CN1CCCCC1CNC(=O)CCOc1ccc(N)cc1. The van der Waals surface area contributed by atoms with Crippen molar-refractivity contribution in [2.75, 3.05) is 32.5 Å². The van der Waals surface area contributed by atoms with Crippen molar-refractivity contribution in [3.05, 3.63) is 24.3 Å². The van der Waals surface area contributed by atoms with Crippen LogP contribution in [0.3, 0.4) is 0 Å². The Morgan fingerprint density at radius 2 is 2.14 bits per heavy atom. The zero-order valence-electron chi connectivity index (χ0n) is 12.7. The third kappa shape index (κ3) is 5.27. The molecule has 0 aromatic heterocycles. The quantitative estimate of drug-likeness (QED) is 0.782. The summed E-state index contributed by atoms with van der Waals surface area (Å²) in [4.78, 5) is 14.1. The number of anilines is 1. The summed E-state index contributed by atoms with van der Waals surface area (Å²) in [6.45, 7) is 2.24. The highest BCUT2D eigenvalue weighted by atomic mass is 16.5. The minimum Gasteiger partial charge on any atom is -0.493 e. The van der Waals surface area contributed by atoms with Crippen LogP contribution in [0.5, 0.6) is 5.75 Å². The maximum absolute atomic E-state index is 11.8. The van der Waals surface area contributed by atoms with E-state index in [1.54, 1.807) is 12.1 Å². The molecule has 1 atom stereocenters. The fraction of sp³-hybridized carbons (Fsp3) is 0.562. The number of likely N-dealkylation sites (N-methyl/N-ethyl adjacent to an activating group) is 1. The number of nitrogens with two attached hydrogens (primary N) is 1. The van der Waals surface area contributed by atoms with E-state index >= 15 is 0 Å². The number of ether oxygens (including phenoxy) is 1. The normalized spacial score (nSPS) is 19.2. The van der Waals surface area contributed by atoms with Gasteiger partial charge in [0.15, 0.2) is 0 Å². The van der Waals surface area contributed by atoms with Gasteiger partial charge in [-0.25, -0.2) is 0 Å². The summed E-state index contributed by atoms with van der Waals surface area (Å²) >= 11 is 0. The van der Waals surface area contributed by atoms with Gasteiger partial charge in [0.1, 0.15) is 5.75 Å². The summed E-state index contributed by atoms with van der Waals surface area (Å²) in [6, 6.07) is 7.66. The van der Waals surface area contributed by atoms with E-state index in [1.807, 2.05) is 12.1 Å². The van der Waals surface area contributed by atoms with Gasteiger partial charge < -0.3 is 20.7 Å². The van der Waals surface area contributed by atoms with Crippen LogP contribution < -0.4 is 15.8 Å². The number of amides is 1. The van der Waals surface area contributed by atoms with Crippen LogP contribution in [0.2, 0.25) is 0 Å². The summed E-state index contributed by atoms with van der Waals surface area (Å²) in [5.74, 6) is 0.786. The summed E-state index contributed by atoms with van der Waals surface area (Å²) in [5.41, 5.74) is 6.31. The van der Waals surface area contributed by atoms with Gasteiger partial charge in [0, 0.05) is 18.3 Å². The lowest BCUT2D eigenvalue weighted by Gasteiger charge is -2.32. The molecule has 0 aliphatic carbocycles. The number of rotatable bonds is 6. The number of hydrogen-bond donors (Lipinski definition) is 2. The standard InChI is InChI=1S/C16H25N3O2/c1-19-10-3-2-4-14(19)12-18-16(20)9-11-21-15-7-5-13(17)6-8-15/h5-8,14H,2-4,9-12,17H2,1H3,(H,18,20). The minimum absolute atomic E-state index is 0.0458. The first-order valence-electron chi connectivity index (χ1n) is 7.60. The van der Waals surface area contributed by atoms with Gasteiger partial charge in [-0.2, -0.15) is 0 Å². The Balaban J connectivity index is 1.62. The number of carbonyl (C=O) groups excluding carboxylic acids is 1. The van der Waals surface area contributed by atoms with Gasteiger partial charge in [0.25, 0.3) is 0 Å². The first-order valence-corrected chi connectivity index (χ1v) is 7.60. The zero-order chi connectivity index (χ0) is 15.1. The van der Waals surface area contributed by atoms with Crippen molar-refractivity contribution in [2.24, 2.45) is 0 Å². The molecule has 116 valence electrons. The predicted octanol–water partition coefficient (Wildman–Crippen LogP) is 1.64. The molecule has 21 heavy (non-hydrogen) atoms. The van der Waals surface area contributed by atoms with E-state index in [0.29, 0.717) is 24.8 Å². The van der Waals surface area contributed by atoms with Crippen LogP contribution in [-0.2, 0) is 4.79 Å². The lowest BCUT2D eigenvalue weighted by Crippen LogP contribution is -2.44. The number of piperidine rings is 1. The highest BCUT2D eigenvalue weighted by Gasteiger charge is 2.19. The number of carbonyl (C=O) groups is 1. The third-order valence-electron chi connectivity index (χ3n) is 3.93. The smallest absolute Gasteiger partial charge is 0.223 e. The van der Waals surface area contributed by atoms with Crippen LogP contribution in [0.4, 0.5) is 5.69 Å². The van der Waals surface area contributed by atoms with Gasteiger partial charge >= 0.3 is 0 Å². The number of likely N-dealkylation sites (tertiary alicyclic amines) is 1. The molecule has 1 saturated heterocycles. The molecule has 1 unspecified atom stereocenters. The lowest BCUT2D eigenvalue weighted by atomic mass is 10.0. The topological polar surface area (TPSA) is 67.6 Å². The zero-order valence-corrected chi connectivity index (χ0v) is 12.7. The molecule has 0 bridgehead atoms. The predicted molar refractivity (Wildman–Crippen MR) is 84.2 cm³/mol. The second-order valence-electron chi connectivity index (χ2n) is 5.60. The van der Waals surface area contributed by atoms with E-state index in [2.05, 4.69) is 17.3 Å². The molecule has 1 aromatic carbocycles. The highest BCUT2D eigenvalue weighted by molar-refractivity contribution is 5.76. The van der Waals surface area contributed by atoms with Crippen molar-refractivity contribution in [3.63, 3.8) is 0 Å². The molecule has 5 nitrogen and oxygen atoms in total. The number of benzene rings is 1. The van der Waals surface area contributed by atoms with E-state index in [1.165, 1.54) is 19.3 Å². The highest BCUT2D eigenvalue weighted by Crippen LogP contribution is 2.14. The van der Waals surface area contributed by atoms with Crippen molar-refractivity contribution >= 4 is 11.6 Å². The fourth-order valence-electron chi connectivity index (χ4n) is 2.55. The Morgan fingerprint density at radius 3 is 2.86 bits per heavy atom. The molecular formula is C16H25N3O2. The number of nitrogen functional groups attached to an aromatic ring is 1. The first kappa shape index (κ1) is 15.6. The Hall–Kier alpha value is -1.75. The van der Waals surface area contributed by atoms with E-state index < -0.39 is 0 Å². The Bertz CT molecular complexity index is 447. The fourth-order valence-corrected chi connectivity index (χ4v) is 2.55. The maximum Gasteiger partial charge on any atom is 0.223 e. The molecule has 2 rings (SSSR count). The number of nitrogens with one attached hydrogen (secondary N) is 1. The molecule has 1 amide bonds. The van der Waals surface area contributed by atoms with Crippen molar-refractivity contribution in [1.82, 2.24) is 10.2 Å². The Labute approximate surface area is 126 Å². The average molecular weight is 291 g/mol. The second kappa shape index (κ2) is 7.88. The lowest BCUT2D eigenvalue weighted by molar-refractivity contribution is -0.121. The molecule has 5 heteroatoms. The summed E-state index contributed by atoms with van der Waals surface area (Å²) < 4.78 is 5.52. The van der Waals surface area contributed by atoms with Crippen LogP contribution in [0, 0.1) is 0 Å². The van der Waals surface area contributed by atoms with Gasteiger partial charge in [0.05, 0.1) is 13.0 Å². The summed E-state index contributed by atoms with van der Waals surface area (Å²) in [7, 11) is 2.13. The van der Waals surface area contributed by atoms with Crippen molar-refractivity contribution in [3.8, 4) is 5.75 Å². The van der Waals surface area contributed by atoms with Crippen LogP contribution in [0.25, 0.3) is 0 Å².